The number of carbonyl (C=O) groups excluding carboxylic acids is 2. The summed E-state index contributed by atoms with van der Waals surface area (Å²) in [4.78, 5) is 38.9. The summed E-state index contributed by atoms with van der Waals surface area (Å²) in [6.45, 7) is 20.6. The maximum atomic E-state index is 16.3. The van der Waals surface area contributed by atoms with Crippen molar-refractivity contribution in [1.82, 2.24) is 15.0 Å². The van der Waals surface area contributed by atoms with Gasteiger partial charge < -0.3 is 33.3 Å². The molecule has 3 aliphatic carbocycles. The van der Waals surface area contributed by atoms with Crippen LogP contribution in [0, 0.1) is 11.8 Å². The van der Waals surface area contributed by atoms with E-state index >= 15 is 9.59 Å². The van der Waals surface area contributed by atoms with Crippen LogP contribution < -0.4 is 14.4 Å². The third-order valence-electron chi connectivity index (χ3n) is 14.2. The molecule has 0 radical (unpaired) electrons. The van der Waals surface area contributed by atoms with Crippen molar-refractivity contribution in [2.45, 2.75) is 89.1 Å². The number of ketones is 2. The van der Waals surface area contributed by atoms with Crippen LogP contribution in [-0.4, -0.2) is 86.3 Å². The van der Waals surface area contributed by atoms with E-state index in [0.29, 0.717) is 43.0 Å². The van der Waals surface area contributed by atoms with Gasteiger partial charge in [-0.2, -0.15) is 0 Å². The number of carbonyl (C=O) groups is 2. The van der Waals surface area contributed by atoms with E-state index in [-0.39, 0.29) is 42.0 Å². The Bertz CT molecular complexity index is 2430. The molecular formula is C51H62N4O7Si. The molecule has 1 aromatic heterocycles. The normalized spacial score (nSPS) is 23.2. The van der Waals surface area contributed by atoms with Crippen molar-refractivity contribution in [3.05, 3.63) is 137 Å². The fraction of sp³-hybridized carbons (Fsp3) is 0.431. The average Bonchev–Trinajstić information content (AvgIpc) is 3.67. The van der Waals surface area contributed by atoms with Gasteiger partial charge in [-0.05, 0) is 90.9 Å². The van der Waals surface area contributed by atoms with Crippen molar-refractivity contribution in [3.8, 4) is 11.6 Å². The van der Waals surface area contributed by atoms with E-state index < -0.39 is 48.4 Å². The summed E-state index contributed by atoms with van der Waals surface area (Å²) in [6.07, 6.45) is 5.31. The van der Waals surface area contributed by atoms with Gasteiger partial charge in [-0.25, -0.2) is 0 Å². The van der Waals surface area contributed by atoms with Crippen LogP contribution in [0.3, 0.4) is 0 Å². The molecule has 1 N–H and O–H groups in total. The van der Waals surface area contributed by atoms with Gasteiger partial charge in [-0.15, -0.1) is 13.2 Å². The minimum Gasteiger partial charge on any atom is -0.507 e. The highest BCUT2D eigenvalue weighted by Gasteiger charge is 2.69. The number of ether oxygens (including phenoxy) is 2. The van der Waals surface area contributed by atoms with Crippen LogP contribution in [0.1, 0.15) is 89.6 Å². The highest BCUT2D eigenvalue weighted by molar-refractivity contribution is 6.74. The Hall–Kier alpha value is -5.27. The summed E-state index contributed by atoms with van der Waals surface area (Å²) in [6, 6.07) is 21.0. The smallest absolute Gasteiger partial charge is 0.265 e. The van der Waals surface area contributed by atoms with Crippen LogP contribution in [0.4, 0.5) is 5.69 Å². The van der Waals surface area contributed by atoms with Crippen LogP contribution in [0.2, 0.25) is 18.1 Å². The topological polar surface area (TPSA) is 118 Å². The average molecular weight is 871 g/mol. The third kappa shape index (κ3) is 7.58. The molecule has 4 aliphatic rings. The third-order valence-corrected chi connectivity index (χ3v) is 18.6. The van der Waals surface area contributed by atoms with Crippen LogP contribution in [0.15, 0.2) is 102 Å². The molecule has 8 rings (SSSR count). The Morgan fingerprint density at radius 1 is 0.952 bits per heavy atom. The number of nitrogens with zero attached hydrogens (tertiary/aromatic N) is 4. The Kier molecular flexibility index (Phi) is 12.0. The van der Waals surface area contributed by atoms with Crippen LogP contribution in [-0.2, 0) is 28.9 Å². The van der Waals surface area contributed by atoms with Crippen molar-refractivity contribution in [1.29, 1.82) is 0 Å². The molecule has 4 aromatic rings. The Balaban J connectivity index is 1.37. The van der Waals surface area contributed by atoms with E-state index in [1.54, 1.807) is 12.2 Å². The van der Waals surface area contributed by atoms with E-state index in [0.717, 1.165) is 40.9 Å². The summed E-state index contributed by atoms with van der Waals surface area (Å²) >= 11 is 0. The lowest BCUT2D eigenvalue weighted by Gasteiger charge is -2.55. The molecule has 2 unspecified atom stereocenters. The molecule has 1 aliphatic heterocycles. The van der Waals surface area contributed by atoms with Crippen molar-refractivity contribution in [2.24, 2.45) is 11.8 Å². The molecule has 63 heavy (non-hydrogen) atoms. The van der Waals surface area contributed by atoms with E-state index in [1.807, 2.05) is 60.7 Å². The number of hydrogen-bond donors (Lipinski definition) is 1. The molecule has 12 heteroatoms. The number of aliphatic hydroxyl groups is 1. The van der Waals surface area contributed by atoms with Gasteiger partial charge in [0.2, 0.25) is 11.6 Å². The predicted octanol–water partition coefficient (Wildman–Crippen LogP) is 9.68. The molecule has 3 aromatic carbocycles. The molecule has 0 spiro atoms. The van der Waals surface area contributed by atoms with Gasteiger partial charge in [0.15, 0.2) is 19.7 Å². The van der Waals surface area contributed by atoms with Crippen molar-refractivity contribution in [3.63, 3.8) is 0 Å². The summed E-state index contributed by atoms with van der Waals surface area (Å²) in [5.41, 5.74) is 3.67. The second-order valence-electron chi connectivity index (χ2n) is 19.4. The van der Waals surface area contributed by atoms with E-state index in [2.05, 4.69) is 94.1 Å². The number of fused-ring (bicyclic) bond motifs is 6. The van der Waals surface area contributed by atoms with Gasteiger partial charge in [0.25, 0.3) is 5.88 Å². The highest BCUT2D eigenvalue weighted by atomic mass is 28.4. The van der Waals surface area contributed by atoms with Gasteiger partial charge in [0, 0.05) is 49.9 Å². The first kappa shape index (κ1) is 44.3. The molecule has 1 saturated carbocycles. The highest BCUT2D eigenvalue weighted by Crippen LogP contribution is 2.60. The zero-order valence-corrected chi connectivity index (χ0v) is 39.1. The van der Waals surface area contributed by atoms with E-state index in [9.17, 15) is 5.11 Å². The Labute approximate surface area is 373 Å². The monoisotopic (exact) mass is 870 g/mol. The van der Waals surface area contributed by atoms with E-state index in [4.69, 9.17) is 18.4 Å². The fourth-order valence-corrected chi connectivity index (χ4v) is 11.6. The Morgan fingerprint density at radius 2 is 1.57 bits per heavy atom. The number of hydrogen-bond acceptors (Lipinski definition) is 11. The molecule has 0 bridgehead atoms. The van der Waals surface area contributed by atoms with Gasteiger partial charge in [0.1, 0.15) is 30.3 Å². The largest absolute Gasteiger partial charge is 0.507 e. The van der Waals surface area contributed by atoms with Crippen LogP contribution >= 0.6 is 0 Å². The first-order valence-corrected chi connectivity index (χ1v) is 25.0. The molecule has 0 amide bonds. The molecule has 11 nitrogen and oxygen atoms in total. The fourth-order valence-electron chi connectivity index (χ4n) is 10.2. The van der Waals surface area contributed by atoms with Gasteiger partial charge in [-0.1, -0.05) is 93.6 Å². The lowest BCUT2D eigenvalue weighted by molar-refractivity contribution is -0.141. The van der Waals surface area contributed by atoms with Crippen LogP contribution in [0.25, 0.3) is 5.76 Å². The second-order valence-corrected chi connectivity index (χ2v) is 24.1. The second kappa shape index (κ2) is 17.0. The van der Waals surface area contributed by atoms with Crippen molar-refractivity contribution < 1.29 is 33.1 Å². The predicted molar refractivity (Wildman–Crippen MR) is 249 cm³/mol. The first-order valence-electron chi connectivity index (χ1n) is 22.1. The van der Waals surface area contributed by atoms with Gasteiger partial charge >= 0.3 is 0 Å². The van der Waals surface area contributed by atoms with Crippen molar-refractivity contribution in [2.75, 3.05) is 45.7 Å². The molecule has 5 atom stereocenters. The number of rotatable bonds is 14. The molecular weight excluding hydrogens is 809 g/mol. The maximum Gasteiger partial charge on any atom is 0.265 e. The summed E-state index contributed by atoms with van der Waals surface area (Å²) in [5, 5.41) is 17.0. The standard InChI is InChI=1S/C51H62N4O7Si/c1-11-24-55(25-12-2)44-37-28-34-27-36-41(39(59-30-32-19-15-13-16-20-32)29-35-38(53(6)7)23-26-54(8)43(35)36)45(56)40(34)47(57)51(37,62-63(9,10)50(3,4)5)48(58)42-46(44)61-52-49(42)60-31-33-21-17-14-18-22-33/h11-22,29,34,37-38,44,56H,1-2,23-28,30-31H2,3-10H3/t34-,37-,38?,44-,51?/m0/s1. The molecule has 332 valence electrons. The number of anilines is 1. The molecule has 2 heterocycles. The van der Waals surface area contributed by atoms with Gasteiger partial charge in [0.05, 0.1) is 11.6 Å². The SMILES string of the molecule is C=CCN(CC=C)[C@@H]1c2onc(OCc3ccccc3)c2C(=O)C2(O[Si](C)(C)C(C)(C)C)C(=O)C3=C(O)c4c(OCc5ccccc5)cc5c(c4C[C@H]3C[C@@H]12)N(C)CCC5N(C)C. The first-order chi connectivity index (χ1) is 30.0. The van der Waals surface area contributed by atoms with Crippen LogP contribution in [0.5, 0.6) is 11.6 Å². The minimum absolute atomic E-state index is 0.00138. The lowest BCUT2D eigenvalue weighted by atomic mass is 9.57. The number of Topliss-reactive ketones (excluding diaryl/α,β-unsaturated/α-hetero) is 2. The lowest BCUT2D eigenvalue weighted by Crippen LogP contribution is -2.68. The number of aliphatic hydroxyl groups excluding tert-OH is 1. The quantitative estimate of drug-likeness (QED) is 0.0742. The Morgan fingerprint density at radius 3 is 2.16 bits per heavy atom. The molecule has 1 fully saturated rings. The summed E-state index contributed by atoms with van der Waals surface area (Å²) in [7, 11) is 3.30. The summed E-state index contributed by atoms with van der Waals surface area (Å²) < 4.78 is 26.7. The van der Waals surface area contributed by atoms with E-state index in [1.165, 1.54) is 0 Å². The number of aromatic nitrogens is 1. The summed E-state index contributed by atoms with van der Waals surface area (Å²) in [5.74, 6) is -1.62. The maximum absolute atomic E-state index is 16.3. The zero-order valence-electron chi connectivity index (χ0n) is 38.1. The van der Waals surface area contributed by atoms with Crippen molar-refractivity contribution >= 4 is 31.3 Å². The van der Waals surface area contributed by atoms with Gasteiger partial charge in [-0.3, -0.25) is 14.5 Å². The minimum atomic E-state index is -2.98. The molecule has 0 saturated heterocycles. The number of benzene rings is 3. The zero-order chi connectivity index (χ0) is 45.0.